The smallest absolute Gasteiger partial charge is 0.198 e. The van der Waals surface area contributed by atoms with Crippen molar-refractivity contribution in [2.75, 3.05) is 18.4 Å². The predicted octanol–water partition coefficient (Wildman–Crippen LogP) is 3.99. The maximum Gasteiger partial charge on any atom is 0.198 e. The van der Waals surface area contributed by atoms with Gasteiger partial charge >= 0.3 is 0 Å². The molecular weight excluding hydrogens is 376 g/mol. The summed E-state index contributed by atoms with van der Waals surface area (Å²) >= 11 is 0. The highest BCUT2D eigenvalue weighted by Gasteiger charge is 2.33. The van der Waals surface area contributed by atoms with E-state index < -0.39 is 5.60 Å². The second-order valence-corrected chi connectivity index (χ2v) is 7.70. The SMILES string of the molecule is CC1(c2cccc(Nc3cccc4oc(C5CC5)nc34)c2)CNCC(N)O1.Cl. The molecule has 2 fully saturated rings. The summed E-state index contributed by atoms with van der Waals surface area (Å²) < 4.78 is 12.0. The average Bonchev–Trinajstić information content (AvgIpc) is 3.41. The predicted molar refractivity (Wildman–Crippen MR) is 112 cm³/mol. The molecule has 2 unspecified atom stereocenters. The number of para-hydroxylation sites is 1. The largest absolute Gasteiger partial charge is 0.440 e. The number of nitrogens with one attached hydrogen (secondary N) is 2. The van der Waals surface area contributed by atoms with Crippen molar-refractivity contribution < 1.29 is 9.15 Å². The van der Waals surface area contributed by atoms with Crippen LogP contribution >= 0.6 is 12.4 Å². The Kier molecular flexibility index (Phi) is 5.05. The Morgan fingerprint density at radius 2 is 2.04 bits per heavy atom. The van der Waals surface area contributed by atoms with E-state index in [1.54, 1.807) is 0 Å². The van der Waals surface area contributed by atoms with Crippen molar-refractivity contribution in [3.8, 4) is 0 Å². The summed E-state index contributed by atoms with van der Waals surface area (Å²) in [6.07, 6.45) is 2.05. The molecule has 1 saturated carbocycles. The van der Waals surface area contributed by atoms with Crippen LogP contribution in [0.4, 0.5) is 11.4 Å². The van der Waals surface area contributed by atoms with Crippen molar-refractivity contribution in [2.45, 2.75) is 37.5 Å². The molecule has 148 valence electrons. The lowest BCUT2D eigenvalue weighted by atomic mass is 9.94. The Hall–Kier alpha value is -2.12. The molecule has 7 heteroatoms. The number of halogens is 1. The van der Waals surface area contributed by atoms with Gasteiger partial charge in [-0.1, -0.05) is 18.2 Å². The number of rotatable bonds is 4. The molecule has 2 aromatic carbocycles. The van der Waals surface area contributed by atoms with Crippen LogP contribution in [0.25, 0.3) is 11.1 Å². The van der Waals surface area contributed by atoms with Gasteiger partial charge in [-0.25, -0.2) is 4.98 Å². The van der Waals surface area contributed by atoms with Gasteiger partial charge in [0.05, 0.1) is 5.69 Å². The normalized spacial score (nSPS) is 24.7. The van der Waals surface area contributed by atoms with Crippen molar-refractivity contribution in [3.05, 3.63) is 53.9 Å². The summed E-state index contributed by atoms with van der Waals surface area (Å²) in [4.78, 5) is 4.73. The number of hydrogen-bond donors (Lipinski definition) is 3. The maximum absolute atomic E-state index is 6.03. The highest BCUT2D eigenvalue weighted by molar-refractivity contribution is 5.89. The molecule has 0 spiro atoms. The van der Waals surface area contributed by atoms with Crippen LogP contribution in [-0.4, -0.2) is 24.3 Å². The van der Waals surface area contributed by atoms with Crippen LogP contribution in [0.2, 0.25) is 0 Å². The van der Waals surface area contributed by atoms with Gasteiger partial charge in [0.15, 0.2) is 11.5 Å². The zero-order valence-electron chi connectivity index (χ0n) is 15.8. The third kappa shape index (κ3) is 3.61. The first-order valence-corrected chi connectivity index (χ1v) is 9.52. The average molecular weight is 401 g/mol. The second-order valence-electron chi connectivity index (χ2n) is 7.70. The van der Waals surface area contributed by atoms with Gasteiger partial charge in [0, 0.05) is 24.7 Å². The van der Waals surface area contributed by atoms with E-state index in [1.165, 1.54) is 12.8 Å². The van der Waals surface area contributed by atoms with Gasteiger partial charge < -0.3 is 25.5 Å². The summed E-state index contributed by atoms with van der Waals surface area (Å²) in [6.45, 7) is 3.47. The third-order valence-corrected chi connectivity index (χ3v) is 5.33. The van der Waals surface area contributed by atoms with Crippen molar-refractivity contribution in [2.24, 2.45) is 5.73 Å². The number of fused-ring (bicyclic) bond motifs is 1. The van der Waals surface area contributed by atoms with Gasteiger partial charge in [0.2, 0.25) is 0 Å². The standard InChI is InChI=1S/C21H24N4O2.ClH/c1-21(12-23-11-18(22)27-21)14-4-2-5-15(10-14)24-16-6-3-7-17-19(16)25-20(26-17)13-8-9-13;/h2-7,10,13,18,23-24H,8-9,11-12,22H2,1H3;1H. The van der Waals surface area contributed by atoms with Gasteiger partial charge in [-0.15, -0.1) is 12.4 Å². The molecule has 0 bridgehead atoms. The van der Waals surface area contributed by atoms with Gasteiger partial charge in [-0.3, -0.25) is 0 Å². The summed E-state index contributed by atoms with van der Waals surface area (Å²) in [7, 11) is 0. The van der Waals surface area contributed by atoms with Crippen molar-refractivity contribution >= 4 is 34.9 Å². The van der Waals surface area contributed by atoms with E-state index in [4.69, 9.17) is 19.9 Å². The highest BCUT2D eigenvalue weighted by Crippen LogP contribution is 2.41. The molecule has 2 aliphatic rings. The van der Waals surface area contributed by atoms with Crippen molar-refractivity contribution in [3.63, 3.8) is 0 Å². The third-order valence-electron chi connectivity index (χ3n) is 5.33. The Balaban J connectivity index is 0.00000192. The fraction of sp³-hybridized carbons (Fsp3) is 0.381. The quantitative estimate of drug-likeness (QED) is 0.614. The zero-order chi connectivity index (χ0) is 18.4. The fourth-order valence-corrected chi connectivity index (χ4v) is 3.69. The molecule has 2 heterocycles. The lowest BCUT2D eigenvalue weighted by Crippen LogP contribution is -2.53. The number of nitrogens with zero attached hydrogens (tertiary/aromatic N) is 1. The van der Waals surface area contributed by atoms with Crippen LogP contribution in [-0.2, 0) is 10.3 Å². The lowest BCUT2D eigenvalue weighted by Gasteiger charge is -2.38. The lowest BCUT2D eigenvalue weighted by molar-refractivity contribution is -0.107. The summed E-state index contributed by atoms with van der Waals surface area (Å²) in [5.74, 6) is 1.35. The summed E-state index contributed by atoms with van der Waals surface area (Å²) in [5, 5.41) is 6.84. The molecule has 1 aromatic heterocycles. The van der Waals surface area contributed by atoms with Crippen LogP contribution in [0.5, 0.6) is 0 Å². The van der Waals surface area contributed by atoms with E-state index in [9.17, 15) is 0 Å². The van der Waals surface area contributed by atoms with E-state index >= 15 is 0 Å². The molecule has 5 rings (SSSR count). The Morgan fingerprint density at radius 1 is 1.21 bits per heavy atom. The molecule has 2 atom stereocenters. The molecule has 1 aliphatic heterocycles. The Bertz CT molecular complexity index is 987. The number of morpholine rings is 1. The molecule has 0 radical (unpaired) electrons. The molecule has 28 heavy (non-hydrogen) atoms. The van der Waals surface area contributed by atoms with Gasteiger partial charge in [0.25, 0.3) is 0 Å². The first-order valence-electron chi connectivity index (χ1n) is 9.52. The molecule has 6 nitrogen and oxygen atoms in total. The van der Waals surface area contributed by atoms with E-state index in [0.29, 0.717) is 12.5 Å². The minimum Gasteiger partial charge on any atom is -0.440 e. The number of anilines is 2. The summed E-state index contributed by atoms with van der Waals surface area (Å²) in [6, 6.07) is 14.3. The summed E-state index contributed by atoms with van der Waals surface area (Å²) in [5.41, 5.74) is 10.3. The second kappa shape index (κ2) is 7.37. The highest BCUT2D eigenvalue weighted by atomic mass is 35.5. The number of ether oxygens (including phenoxy) is 1. The van der Waals surface area contributed by atoms with Gasteiger partial charge in [-0.2, -0.15) is 0 Å². The van der Waals surface area contributed by atoms with Gasteiger partial charge in [0.1, 0.15) is 17.3 Å². The monoisotopic (exact) mass is 400 g/mol. The first-order chi connectivity index (χ1) is 13.1. The Morgan fingerprint density at radius 3 is 2.82 bits per heavy atom. The zero-order valence-corrected chi connectivity index (χ0v) is 16.6. The topological polar surface area (TPSA) is 85.3 Å². The molecular formula is C21H25ClN4O2. The van der Waals surface area contributed by atoms with Crippen LogP contribution in [0.1, 0.15) is 37.1 Å². The van der Waals surface area contributed by atoms with Crippen molar-refractivity contribution in [1.29, 1.82) is 0 Å². The number of aromatic nitrogens is 1. The fourth-order valence-electron chi connectivity index (χ4n) is 3.69. The first kappa shape index (κ1) is 19.2. The van der Waals surface area contributed by atoms with E-state index in [-0.39, 0.29) is 18.6 Å². The molecule has 4 N–H and O–H groups in total. The van der Waals surface area contributed by atoms with Gasteiger partial charge in [-0.05, 0) is 49.6 Å². The number of benzene rings is 2. The van der Waals surface area contributed by atoms with Crippen LogP contribution in [0.15, 0.2) is 46.9 Å². The number of hydrogen-bond acceptors (Lipinski definition) is 6. The minimum absolute atomic E-state index is 0. The Labute approximate surface area is 170 Å². The molecule has 1 aliphatic carbocycles. The molecule has 3 aromatic rings. The minimum atomic E-state index is -0.450. The van der Waals surface area contributed by atoms with E-state index in [0.717, 1.165) is 40.5 Å². The molecule has 0 amide bonds. The van der Waals surface area contributed by atoms with Crippen molar-refractivity contribution in [1.82, 2.24) is 10.3 Å². The maximum atomic E-state index is 6.03. The van der Waals surface area contributed by atoms with E-state index in [1.807, 2.05) is 30.3 Å². The number of oxazole rings is 1. The van der Waals surface area contributed by atoms with Crippen LogP contribution in [0.3, 0.4) is 0 Å². The molecule has 1 saturated heterocycles. The number of nitrogens with two attached hydrogens (primary N) is 1. The van der Waals surface area contributed by atoms with E-state index in [2.05, 4.69) is 29.7 Å². The van der Waals surface area contributed by atoms with Crippen LogP contribution in [0, 0.1) is 0 Å². The van der Waals surface area contributed by atoms with Crippen LogP contribution < -0.4 is 16.4 Å².